The van der Waals surface area contributed by atoms with Crippen molar-refractivity contribution in [3.05, 3.63) is 47.3 Å². The molecule has 0 spiro atoms. The average molecular weight is 342 g/mol. The Morgan fingerprint density at radius 2 is 1.95 bits per heavy atom. The molecule has 1 saturated heterocycles. The van der Waals surface area contributed by atoms with Gasteiger partial charge in [-0.25, -0.2) is 8.42 Å². The van der Waals surface area contributed by atoms with Gasteiger partial charge in [-0.15, -0.1) is 0 Å². The van der Waals surface area contributed by atoms with Crippen molar-refractivity contribution in [2.24, 2.45) is 0 Å². The normalized spacial score (nSPS) is 17.7. The summed E-state index contributed by atoms with van der Waals surface area (Å²) in [5.74, 6) is 0. The molecule has 1 aliphatic rings. The second kappa shape index (κ2) is 6.37. The predicted molar refractivity (Wildman–Crippen MR) is 82.0 cm³/mol. The molecule has 0 bridgehead atoms. The highest BCUT2D eigenvalue weighted by atomic mass is 35.5. The Labute approximate surface area is 134 Å². The summed E-state index contributed by atoms with van der Waals surface area (Å²) < 4.78 is 31.5. The maximum Gasteiger partial charge on any atom is 0.243 e. The van der Waals surface area contributed by atoms with E-state index in [-0.39, 0.29) is 4.90 Å². The zero-order valence-electron chi connectivity index (χ0n) is 11.9. The monoisotopic (exact) mass is 341 g/mol. The topological polar surface area (TPSA) is 66.7 Å². The van der Waals surface area contributed by atoms with Gasteiger partial charge in [0.2, 0.25) is 10.0 Å². The van der Waals surface area contributed by atoms with E-state index in [1.807, 2.05) is 6.07 Å². The van der Waals surface area contributed by atoms with E-state index in [0.29, 0.717) is 37.7 Å². The number of sulfonamides is 1. The second-order valence-corrected chi connectivity index (χ2v) is 7.50. The molecule has 1 aromatic heterocycles. The van der Waals surface area contributed by atoms with Gasteiger partial charge in [0.1, 0.15) is 6.26 Å². The largest absolute Gasteiger partial charge is 0.364 e. The highest BCUT2D eigenvalue weighted by Crippen LogP contribution is 2.21. The minimum atomic E-state index is -3.48. The minimum absolute atomic E-state index is 0.241. The lowest BCUT2D eigenvalue weighted by atomic mass is 10.3. The van der Waals surface area contributed by atoms with Gasteiger partial charge < -0.3 is 4.52 Å². The van der Waals surface area contributed by atoms with Crippen LogP contribution in [0.15, 0.2) is 46.0 Å². The quantitative estimate of drug-likeness (QED) is 0.848. The Balaban J connectivity index is 1.65. The second-order valence-electron chi connectivity index (χ2n) is 5.13. The van der Waals surface area contributed by atoms with Crippen molar-refractivity contribution in [1.29, 1.82) is 0 Å². The molecule has 1 aromatic carbocycles. The molecule has 2 aromatic rings. The molecule has 6 nitrogen and oxygen atoms in total. The number of benzene rings is 1. The molecule has 0 N–H and O–H groups in total. The Morgan fingerprint density at radius 1 is 1.18 bits per heavy atom. The van der Waals surface area contributed by atoms with Crippen molar-refractivity contribution in [2.45, 2.75) is 11.4 Å². The Bertz CT molecular complexity index is 726. The smallest absolute Gasteiger partial charge is 0.243 e. The van der Waals surface area contributed by atoms with Gasteiger partial charge in [-0.1, -0.05) is 22.8 Å². The first-order valence-electron chi connectivity index (χ1n) is 6.93. The van der Waals surface area contributed by atoms with Gasteiger partial charge in [0.15, 0.2) is 0 Å². The SMILES string of the molecule is O=S(=O)(c1cccc(Cl)c1)N1CCN(Cc2ccon2)CC1. The highest BCUT2D eigenvalue weighted by Gasteiger charge is 2.28. The van der Waals surface area contributed by atoms with Crippen molar-refractivity contribution < 1.29 is 12.9 Å². The average Bonchev–Trinajstić information content (AvgIpc) is 3.01. The number of rotatable bonds is 4. The molecular weight excluding hydrogens is 326 g/mol. The van der Waals surface area contributed by atoms with Crippen LogP contribution >= 0.6 is 11.6 Å². The van der Waals surface area contributed by atoms with E-state index < -0.39 is 10.0 Å². The van der Waals surface area contributed by atoms with E-state index in [0.717, 1.165) is 5.69 Å². The Morgan fingerprint density at radius 3 is 2.59 bits per heavy atom. The van der Waals surface area contributed by atoms with Crippen molar-refractivity contribution in [2.75, 3.05) is 26.2 Å². The van der Waals surface area contributed by atoms with Gasteiger partial charge in [-0.2, -0.15) is 4.31 Å². The molecule has 118 valence electrons. The maximum atomic E-state index is 12.6. The molecule has 0 amide bonds. The van der Waals surface area contributed by atoms with E-state index in [4.69, 9.17) is 16.1 Å². The van der Waals surface area contributed by atoms with Crippen LogP contribution < -0.4 is 0 Å². The number of hydrogen-bond donors (Lipinski definition) is 0. The van der Waals surface area contributed by atoms with Gasteiger partial charge in [0.05, 0.1) is 10.6 Å². The van der Waals surface area contributed by atoms with Crippen LogP contribution in [0.2, 0.25) is 5.02 Å². The van der Waals surface area contributed by atoms with Crippen molar-refractivity contribution >= 4 is 21.6 Å². The summed E-state index contributed by atoms with van der Waals surface area (Å²) in [5.41, 5.74) is 0.853. The number of hydrogen-bond acceptors (Lipinski definition) is 5. The molecule has 0 radical (unpaired) electrons. The number of piperazine rings is 1. The summed E-state index contributed by atoms with van der Waals surface area (Å²) in [7, 11) is -3.48. The van der Waals surface area contributed by atoms with Crippen molar-refractivity contribution in [1.82, 2.24) is 14.4 Å². The predicted octanol–water partition coefficient (Wildman–Crippen LogP) is 1.83. The summed E-state index contributed by atoms with van der Waals surface area (Å²) in [6.07, 6.45) is 1.54. The van der Waals surface area contributed by atoms with Crippen LogP contribution in [0, 0.1) is 0 Å². The lowest BCUT2D eigenvalue weighted by molar-refractivity contribution is 0.178. The molecule has 1 fully saturated rings. The van der Waals surface area contributed by atoms with Crippen LogP contribution in [0.5, 0.6) is 0 Å². The van der Waals surface area contributed by atoms with Crippen molar-refractivity contribution in [3.8, 4) is 0 Å². The molecule has 1 aliphatic heterocycles. The van der Waals surface area contributed by atoms with Gasteiger partial charge in [-0.05, 0) is 18.2 Å². The van der Waals surface area contributed by atoms with Gasteiger partial charge in [0, 0.05) is 43.8 Å². The first-order chi connectivity index (χ1) is 10.6. The lowest BCUT2D eigenvalue weighted by Gasteiger charge is -2.33. The lowest BCUT2D eigenvalue weighted by Crippen LogP contribution is -2.48. The third-order valence-electron chi connectivity index (χ3n) is 3.64. The third kappa shape index (κ3) is 3.33. The third-order valence-corrected chi connectivity index (χ3v) is 5.77. The fourth-order valence-electron chi connectivity index (χ4n) is 2.45. The van der Waals surface area contributed by atoms with Gasteiger partial charge >= 0.3 is 0 Å². The zero-order chi connectivity index (χ0) is 15.6. The van der Waals surface area contributed by atoms with E-state index in [1.54, 1.807) is 18.2 Å². The number of nitrogens with zero attached hydrogens (tertiary/aromatic N) is 3. The molecule has 3 rings (SSSR count). The summed E-state index contributed by atoms with van der Waals surface area (Å²) >= 11 is 5.89. The van der Waals surface area contributed by atoms with Gasteiger partial charge in [0.25, 0.3) is 0 Å². The molecule has 0 saturated carbocycles. The van der Waals surface area contributed by atoms with E-state index in [2.05, 4.69) is 10.1 Å². The van der Waals surface area contributed by atoms with Gasteiger partial charge in [-0.3, -0.25) is 4.90 Å². The van der Waals surface area contributed by atoms with E-state index in [1.165, 1.54) is 16.6 Å². The fraction of sp³-hybridized carbons (Fsp3) is 0.357. The van der Waals surface area contributed by atoms with E-state index in [9.17, 15) is 8.42 Å². The number of aromatic nitrogens is 1. The highest BCUT2D eigenvalue weighted by molar-refractivity contribution is 7.89. The first kappa shape index (κ1) is 15.5. The Kier molecular flexibility index (Phi) is 4.49. The van der Waals surface area contributed by atoms with Crippen LogP contribution in [0.25, 0.3) is 0 Å². The molecule has 2 heterocycles. The molecule has 0 unspecified atom stereocenters. The summed E-state index contributed by atoms with van der Waals surface area (Å²) in [6, 6.07) is 8.18. The van der Waals surface area contributed by atoms with Crippen molar-refractivity contribution in [3.63, 3.8) is 0 Å². The molecular formula is C14H16ClN3O3S. The Hall–Kier alpha value is -1.41. The van der Waals surface area contributed by atoms with Crippen LogP contribution in [-0.4, -0.2) is 49.0 Å². The number of halogens is 1. The summed E-state index contributed by atoms with van der Waals surface area (Å²) in [4.78, 5) is 2.40. The van der Waals surface area contributed by atoms with Crippen LogP contribution in [0.3, 0.4) is 0 Å². The molecule has 8 heteroatoms. The fourth-order valence-corrected chi connectivity index (χ4v) is 4.18. The standard InChI is InChI=1S/C14H16ClN3O3S/c15-12-2-1-3-14(10-12)22(19,20)18-7-5-17(6-8-18)11-13-4-9-21-16-13/h1-4,9-10H,5-8,11H2. The first-order valence-corrected chi connectivity index (χ1v) is 8.75. The zero-order valence-corrected chi connectivity index (χ0v) is 13.4. The summed E-state index contributed by atoms with van der Waals surface area (Å²) in [6.45, 7) is 2.89. The molecule has 0 atom stereocenters. The maximum absolute atomic E-state index is 12.6. The molecule has 0 aliphatic carbocycles. The molecule has 22 heavy (non-hydrogen) atoms. The van der Waals surface area contributed by atoms with E-state index >= 15 is 0 Å². The van der Waals surface area contributed by atoms with Crippen LogP contribution in [-0.2, 0) is 16.6 Å². The van der Waals surface area contributed by atoms with Crippen LogP contribution in [0.4, 0.5) is 0 Å². The summed E-state index contributed by atoms with van der Waals surface area (Å²) in [5, 5.41) is 4.29. The minimum Gasteiger partial charge on any atom is -0.364 e. The van der Waals surface area contributed by atoms with Crippen LogP contribution in [0.1, 0.15) is 5.69 Å².